The summed E-state index contributed by atoms with van der Waals surface area (Å²) in [5.41, 5.74) is 4.33. The van der Waals surface area contributed by atoms with E-state index in [1.165, 1.54) is 50.0 Å². The molecular weight excluding hydrogens is 434 g/mol. The predicted molar refractivity (Wildman–Crippen MR) is 145 cm³/mol. The van der Waals surface area contributed by atoms with Crippen LogP contribution in [-0.2, 0) is 0 Å². The molecule has 0 unspecified atom stereocenters. The largest absolute Gasteiger partial charge is 0.494 e. The summed E-state index contributed by atoms with van der Waals surface area (Å²) in [5.74, 6) is 1.53. The Morgan fingerprint density at radius 3 is 2.23 bits per heavy atom. The number of amides is 1. The van der Waals surface area contributed by atoms with Crippen LogP contribution in [0, 0.1) is 6.92 Å². The second kappa shape index (κ2) is 12.4. The molecule has 0 bridgehead atoms. The number of hydrogen-bond donors (Lipinski definition) is 0. The van der Waals surface area contributed by atoms with E-state index < -0.39 is 0 Å². The Hall–Kier alpha value is -2.53. The Kier molecular flexibility index (Phi) is 9.08. The minimum absolute atomic E-state index is 0.161. The van der Waals surface area contributed by atoms with Crippen molar-refractivity contribution in [2.24, 2.45) is 0 Å². The molecule has 2 aromatic carbocycles. The summed E-state index contributed by atoms with van der Waals surface area (Å²) in [7, 11) is 0. The number of rotatable bonds is 8. The number of carbonyl (C=O) groups is 1. The Labute approximate surface area is 212 Å². The molecule has 2 aromatic rings. The van der Waals surface area contributed by atoms with Crippen LogP contribution >= 0.6 is 0 Å². The molecule has 190 valence electrons. The summed E-state index contributed by atoms with van der Waals surface area (Å²) in [6.07, 6.45) is 6.54. The third-order valence-electron chi connectivity index (χ3n) is 7.51. The van der Waals surface area contributed by atoms with E-state index in [9.17, 15) is 4.79 Å². The van der Waals surface area contributed by atoms with Crippen molar-refractivity contribution in [1.29, 1.82) is 0 Å². The lowest BCUT2D eigenvalue weighted by atomic mass is 9.97. The molecule has 2 aliphatic rings. The van der Waals surface area contributed by atoms with Crippen LogP contribution in [0.15, 0.2) is 42.5 Å². The Balaban J connectivity index is 1.23. The molecule has 2 heterocycles. The van der Waals surface area contributed by atoms with Gasteiger partial charge in [-0.2, -0.15) is 0 Å². The van der Waals surface area contributed by atoms with Gasteiger partial charge in [-0.15, -0.1) is 0 Å². The molecule has 0 aromatic heterocycles. The minimum Gasteiger partial charge on any atom is -0.494 e. The van der Waals surface area contributed by atoms with Crippen LogP contribution in [0.4, 0.5) is 5.69 Å². The first-order chi connectivity index (χ1) is 17.0. The quantitative estimate of drug-likeness (QED) is 0.455. The number of ether oxygens (including phenoxy) is 1. The van der Waals surface area contributed by atoms with Gasteiger partial charge in [0.25, 0.3) is 5.91 Å². The normalized spacial score (nSPS) is 17.5. The first kappa shape index (κ1) is 25.6. The Bertz CT molecular complexity index is 941. The van der Waals surface area contributed by atoms with E-state index >= 15 is 0 Å². The van der Waals surface area contributed by atoms with E-state index in [2.05, 4.69) is 66.1 Å². The lowest BCUT2D eigenvalue weighted by Gasteiger charge is -2.36. The fourth-order valence-corrected chi connectivity index (χ4v) is 5.16. The molecule has 5 heteroatoms. The highest BCUT2D eigenvalue weighted by Crippen LogP contribution is 2.23. The van der Waals surface area contributed by atoms with E-state index in [0.717, 1.165) is 62.6 Å². The topological polar surface area (TPSA) is 36.0 Å². The highest BCUT2D eigenvalue weighted by molar-refractivity contribution is 5.96. The maximum atomic E-state index is 13.2. The van der Waals surface area contributed by atoms with Crippen LogP contribution in [-0.4, -0.2) is 68.1 Å². The van der Waals surface area contributed by atoms with E-state index in [1.807, 2.05) is 11.8 Å². The van der Waals surface area contributed by atoms with E-state index in [-0.39, 0.29) is 5.91 Å². The maximum Gasteiger partial charge on any atom is 0.254 e. The highest BCUT2D eigenvalue weighted by atomic mass is 16.5. The first-order valence-corrected chi connectivity index (χ1v) is 13.6. The van der Waals surface area contributed by atoms with E-state index in [0.29, 0.717) is 5.92 Å². The third kappa shape index (κ3) is 7.00. The van der Waals surface area contributed by atoms with Gasteiger partial charge in [0.05, 0.1) is 6.61 Å². The number of piperazine rings is 1. The Morgan fingerprint density at radius 2 is 1.57 bits per heavy atom. The first-order valence-electron chi connectivity index (χ1n) is 13.6. The van der Waals surface area contributed by atoms with E-state index in [4.69, 9.17) is 4.74 Å². The summed E-state index contributed by atoms with van der Waals surface area (Å²) < 4.78 is 6.01. The zero-order valence-corrected chi connectivity index (χ0v) is 22.0. The molecule has 35 heavy (non-hydrogen) atoms. The molecule has 0 atom stereocenters. The monoisotopic (exact) mass is 477 g/mol. The van der Waals surface area contributed by atoms with Crippen LogP contribution in [0.25, 0.3) is 0 Å². The maximum absolute atomic E-state index is 13.2. The molecular formula is C30H43N3O2. The van der Waals surface area contributed by atoms with Gasteiger partial charge in [0.15, 0.2) is 0 Å². The summed E-state index contributed by atoms with van der Waals surface area (Å²) in [5, 5.41) is 0. The van der Waals surface area contributed by atoms with Gasteiger partial charge in [-0.3, -0.25) is 4.79 Å². The zero-order valence-electron chi connectivity index (χ0n) is 22.0. The molecule has 1 amide bonds. The number of carbonyl (C=O) groups excluding carboxylic acids is 1. The molecule has 0 spiro atoms. The smallest absolute Gasteiger partial charge is 0.254 e. The van der Waals surface area contributed by atoms with Gasteiger partial charge in [-0.1, -0.05) is 38.8 Å². The van der Waals surface area contributed by atoms with Gasteiger partial charge < -0.3 is 19.4 Å². The molecule has 2 fully saturated rings. The molecule has 0 saturated carbocycles. The van der Waals surface area contributed by atoms with Crippen molar-refractivity contribution in [3.8, 4) is 5.75 Å². The van der Waals surface area contributed by atoms with Gasteiger partial charge in [0.1, 0.15) is 5.75 Å². The molecule has 0 N–H and O–H groups in total. The number of likely N-dealkylation sites (tertiary alicyclic amines) is 1. The molecule has 0 aliphatic carbocycles. The average Bonchev–Trinajstić information content (AvgIpc) is 3.16. The van der Waals surface area contributed by atoms with Gasteiger partial charge in [-0.25, -0.2) is 0 Å². The number of anilines is 1. The summed E-state index contributed by atoms with van der Waals surface area (Å²) >= 11 is 0. The van der Waals surface area contributed by atoms with Gasteiger partial charge in [-0.05, 0) is 86.7 Å². The fraction of sp³-hybridized carbons (Fsp3) is 0.567. The lowest BCUT2D eigenvalue weighted by molar-refractivity contribution is 0.0746. The molecule has 0 radical (unpaired) electrons. The van der Waals surface area contributed by atoms with Crippen molar-refractivity contribution in [3.05, 3.63) is 59.2 Å². The third-order valence-corrected chi connectivity index (χ3v) is 7.51. The lowest BCUT2D eigenvalue weighted by Crippen LogP contribution is -2.49. The predicted octanol–water partition coefficient (Wildman–Crippen LogP) is 5.73. The molecule has 4 rings (SSSR count). The van der Waals surface area contributed by atoms with Crippen molar-refractivity contribution in [2.45, 2.75) is 58.8 Å². The van der Waals surface area contributed by atoms with Crippen molar-refractivity contribution >= 4 is 11.6 Å². The fourth-order valence-electron chi connectivity index (χ4n) is 5.16. The van der Waals surface area contributed by atoms with Crippen LogP contribution in [0.3, 0.4) is 0 Å². The van der Waals surface area contributed by atoms with Crippen molar-refractivity contribution in [2.75, 3.05) is 57.3 Å². The second-order valence-electron chi connectivity index (χ2n) is 10.5. The van der Waals surface area contributed by atoms with Gasteiger partial charge >= 0.3 is 0 Å². The van der Waals surface area contributed by atoms with E-state index in [1.54, 1.807) is 0 Å². The number of aryl methyl sites for hydroxylation is 1. The summed E-state index contributed by atoms with van der Waals surface area (Å²) in [6.45, 7) is 14.0. The van der Waals surface area contributed by atoms with Gasteiger partial charge in [0.2, 0.25) is 0 Å². The highest BCUT2D eigenvalue weighted by Gasteiger charge is 2.24. The Morgan fingerprint density at radius 1 is 0.886 bits per heavy atom. The van der Waals surface area contributed by atoms with Crippen molar-refractivity contribution in [3.63, 3.8) is 0 Å². The summed E-state index contributed by atoms with van der Waals surface area (Å²) in [6, 6.07) is 14.8. The minimum atomic E-state index is 0.161. The van der Waals surface area contributed by atoms with Crippen LogP contribution in [0.5, 0.6) is 5.75 Å². The standard InChI is InChI=1S/C30H43N3O2/c1-24(2)26-10-9-25(3)29(23-26)30(34)33-20-18-32(19-21-33)27-11-13-28(14-12-27)35-22-8-17-31-15-6-4-5-7-16-31/h9-14,23-24H,4-8,15-22H2,1-3H3. The number of hydrogen-bond acceptors (Lipinski definition) is 4. The molecule has 2 saturated heterocycles. The number of nitrogens with zero attached hydrogens (tertiary/aromatic N) is 3. The van der Waals surface area contributed by atoms with Crippen LogP contribution in [0.2, 0.25) is 0 Å². The molecule has 5 nitrogen and oxygen atoms in total. The van der Waals surface area contributed by atoms with Gasteiger partial charge in [0, 0.05) is 44.0 Å². The summed E-state index contributed by atoms with van der Waals surface area (Å²) in [4.78, 5) is 20.2. The number of benzene rings is 2. The van der Waals surface area contributed by atoms with Crippen molar-refractivity contribution in [1.82, 2.24) is 9.80 Å². The SMILES string of the molecule is Cc1ccc(C(C)C)cc1C(=O)N1CCN(c2ccc(OCCCN3CCCCCC3)cc2)CC1. The molecule has 2 aliphatic heterocycles. The average molecular weight is 478 g/mol. The second-order valence-corrected chi connectivity index (χ2v) is 10.5. The van der Waals surface area contributed by atoms with Crippen LogP contribution in [0.1, 0.15) is 73.4 Å². The van der Waals surface area contributed by atoms with Crippen LogP contribution < -0.4 is 9.64 Å². The van der Waals surface area contributed by atoms with Crippen molar-refractivity contribution < 1.29 is 9.53 Å². The zero-order chi connectivity index (χ0) is 24.6.